The van der Waals surface area contributed by atoms with Crippen LogP contribution in [-0.2, 0) is 6.42 Å². The molecule has 1 unspecified atom stereocenters. The number of benzene rings is 2. The summed E-state index contributed by atoms with van der Waals surface area (Å²) in [5.74, 6) is 0.885. The molecule has 1 atom stereocenters. The summed E-state index contributed by atoms with van der Waals surface area (Å²) in [6.45, 7) is 0. The molecule has 0 radical (unpaired) electrons. The van der Waals surface area contributed by atoms with E-state index in [1.165, 1.54) is 11.1 Å². The Labute approximate surface area is 126 Å². The van der Waals surface area contributed by atoms with Gasteiger partial charge in [-0.1, -0.05) is 57.9 Å². The molecule has 2 aromatic rings. The Morgan fingerprint density at radius 1 is 1.06 bits per heavy atom. The molecule has 18 heavy (non-hydrogen) atoms. The molecule has 0 amide bonds. The zero-order chi connectivity index (χ0) is 13.0. The minimum atomic E-state index is 0.292. The Kier molecular flexibility index (Phi) is 5.11. The van der Waals surface area contributed by atoms with Crippen LogP contribution in [0.5, 0.6) is 0 Å². The first-order valence-electron chi connectivity index (χ1n) is 5.75. The zero-order valence-electron chi connectivity index (χ0n) is 9.74. The molecule has 0 aliphatic carbocycles. The van der Waals surface area contributed by atoms with Gasteiger partial charge in [-0.2, -0.15) is 0 Å². The smallest absolute Gasteiger partial charge is 0.0408 e. The van der Waals surface area contributed by atoms with Gasteiger partial charge in [-0.15, -0.1) is 11.6 Å². The highest BCUT2D eigenvalue weighted by Crippen LogP contribution is 2.29. The monoisotopic (exact) mass is 342 g/mol. The summed E-state index contributed by atoms with van der Waals surface area (Å²) in [5, 5.41) is 0.771. The van der Waals surface area contributed by atoms with E-state index in [0.717, 1.165) is 15.9 Å². The average molecular weight is 344 g/mol. The van der Waals surface area contributed by atoms with Crippen LogP contribution in [0.1, 0.15) is 17.0 Å². The number of halogens is 3. The lowest BCUT2D eigenvalue weighted by atomic mass is 9.94. The van der Waals surface area contributed by atoms with E-state index in [1.54, 1.807) is 0 Å². The van der Waals surface area contributed by atoms with Crippen LogP contribution in [0.2, 0.25) is 5.02 Å². The van der Waals surface area contributed by atoms with E-state index >= 15 is 0 Å². The van der Waals surface area contributed by atoms with Gasteiger partial charge in [0.15, 0.2) is 0 Å². The fraction of sp³-hybridized carbons (Fsp3) is 0.200. The second-order valence-electron chi connectivity index (χ2n) is 4.21. The van der Waals surface area contributed by atoms with Crippen molar-refractivity contribution >= 4 is 39.1 Å². The van der Waals surface area contributed by atoms with Gasteiger partial charge in [0.05, 0.1) is 0 Å². The van der Waals surface area contributed by atoms with Crippen molar-refractivity contribution in [3.8, 4) is 0 Å². The molecule has 3 heteroatoms. The van der Waals surface area contributed by atoms with E-state index in [9.17, 15) is 0 Å². The van der Waals surface area contributed by atoms with E-state index < -0.39 is 0 Å². The maximum atomic E-state index is 6.11. The highest BCUT2D eigenvalue weighted by molar-refractivity contribution is 9.10. The van der Waals surface area contributed by atoms with Crippen LogP contribution in [0.4, 0.5) is 0 Å². The lowest BCUT2D eigenvalue weighted by Gasteiger charge is -2.16. The summed E-state index contributed by atoms with van der Waals surface area (Å²) in [4.78, 5) is 0. The molecule has 0 nitrogen and oxygen atoms in total. The third kappa shape index (κ3) is 3.50. The normalized spacial score (nSPS) is 12.4. The molecule has 0 fully saturated rings. The number of hydrogen-bond donors (Lipinski definition) is 0. The summed E-state index contributed by atoms with van der Waals surface area (Å²) >= 11 is 15.7. The molecule has 0 aliphatic rings. The summed E-state index contributed by atoms with van der Waals surface area (Å²) < 4.78 is 1.11. The first-order chi connectivity index (χ1) is 8.70. The predicted octanol–water partition coefficient (Wildman–Crippen LogP) is 5.67. The van der Waals surface area contributed by atoms with Gasteiger partial charge in [0.2, 0.25) is 0 Å². The molecule has 2 aromatic carbocycles. The van der Waals surface area contributed by atoms with Crippen molar-refractivity contribution in [3.63, 3.8) is 0 Å². The van der Waals surface area contributed by atoms with Crippen LogP contribution in [0, 0.1) is 0 Å². The Balaban J connectivity index is 2.23. The molecule has 0 saturated heterocycles. The number of hydrogen-bond acceptors (Lipinski definition) is 0. The highest BCUT2D eigenvalue weighted by atomic mass is 79.9. The van der Waals surface area contributed by atoms with E-state index in [4.69, 9.17) is 23.2 Å². The van der Waals surface area contributed by atoms with Gasteiger partial charge in [-0.3, -0.25) is 0 Å². The number of alkyl halides is 1. The fourth-order valence-corrected chi connectivity index (χ4v) is 3.10. The second kappa shape index (κ2) is 6.60. The van der Waals surface area contributed by atoms with Gasteiger partial charge in [-0.05, 0) is 35.7 Å². The van der Waals surface area contributed by atoms with Crippen LogP contribution in [0.15, 0.2) is 53.0 Å². The minimum Gasteiger partial charge on any atom is -0.126 e. The average Bonchev–Trinajstić information content (AvgIpc) is 2.37. The molecule has 0 saturated carbocycles. The predicted molar refractivity (Wildman–Crippen MR) is 82.8 cm³/mol. The standard InChI is InChI=1S/C15H13BrCl2/c16-15-7-2-1-6-14(15)12(10-17)8-11-4-3-5-13(18)9-11/h1-7,9,12H,8,10H2. The highest BCUT2D eigenvalue weighted by Gasteiger charge is 2.14. The summed E-state index contributed by atoms with van der Waals surface area (Å²) in [6, 6.07) is 16.2. The van der Waals surface area contributed by atoms with Crippen molar-refractivity contribution in [2.45, 2.75) is 12.3 Å². The fourth-order valence-electron chi connectivity index (χ4n) is 2.00. The molecule has 2 rings (SSSR count). The molecule has 0 spiro atoms. The van der Waals surface area contributed by atoms with Crippen LogP contribution < -0.4 is 0 Å². The lowest BCUT2D eigenvalue weighted by molar-refractivity contribution is 0.762. The third-order valence-corrected chi connectivity index (χ3v) is 4.23. The van der Waals surface area contributed by atoms with Crippen molar-refractivity contribution in [1.82, 2.24) is 0 Å². The van der Waals surface area contributed by atoms with Gasteiger partial charge < -0.3 is 0 Å². The maximum absolute atomic E-state index is 6.11. The van der Waals surface area contributed by atoms with E-state index in [0.29, 0.717) is 11.8 Å². The summed E-state index contributed by atoms with van der Waals surface area (Å²) in [7, 11) is 0. The van der Waals surface area contributed by atoms with Crippen molar-refractivity contribution < 1.29 is 0 Å². The Morgan fingerprint density at radius 3 is 2.50 bits per heavy atom. The Hall–Kier alpha value is -0.500. The van der Waals surface area contributed by atoms with Crippen LogP contribution in [0.3, 0.4) is 0 Å². The van der Waals surface area contributed by atoms with Crippen molar-refractivity contribution in [3.05, 3.63) is 69.2 Å². The SMILES string of the molecule is ClCC(Cc1cccc(Cl)c1)c1ccccc1Br. The van der Waals surface area contributed by atoms with Crippen molar-refractivity contribution in [2.24, 2.45) is 0 Å². The van der Waals surface area contributed by atoms with Crippen molar-refractivity contribution in [1.29, 1.82) is 0 Å². The molecule has 94 valence electrons. The lowest BCUT2D eigenvalue weighted by Crippen LogP contribution is -2.05. The molecule has 0 aliphatic heterocycles. The van der Waals surface area contributed by atoms with Gasteiger partial charge in [-0.25, -0.2) is 0 Å². The van der Waals surface area contributed by atoms with E-state index in [-0.39, 0.29) is 0 Å². The summed E-state index contributed by atoms with van der Waals surface area (Å²) in [5.41, 5.74) is 2.45. The Morgan fingerprint density at radius 2 is 1.83 bits per heavy atom. The van der Waals surface area contributed by atoms with E-state index in [2.05, 4.69) is 28.1 Å². The molecular formula is C15H13BrCl2. The largest absolute Gasteiger partial charge is 0.126 e. The van der Waals surface area contributed by atoms with Crippen LogP contribution in [-0.4, -0.2) is 5.88 Å². The van der Waals surface area contributed by atoms with Crippen LogP contribution in [0.25, 0.3) is 0 Å². The number of rotatable bonds is 4. The topological polar surface area (TPSA) is 0 Å². The molecule has 0 N–H and O–H groups in total. The molecular weight excluding hydrogens is 331 g/mol. The zero-order valence-corrected chi connectivity index (χ0v) is 12.8. The summed E-state index contributed by atoms with van der Waals surface area (Å²) in [6.07, 6.45) is 0.896. The molecule has 0 bridgehead atoms. The third-order valence-electron chi connectivity index (χ3n) is 2.90. The second-order valence-corrected chi connectivity index (χ2v) is 5.81. The van der Waals surface area contributed by atoms with E-state index in [1.807, 2.05) is 36.4 Å². The molecule has 0 aromatic heterocycles. The van der Waals surface area contributed by atoms with Gasteiger partial charge in [0.25, 0.3) is 0 Å². The minimum absolute atomic E-state index is 0.292. The quantitative estimate of drug-likeness (QED) is 0.627. The Bertz CT molecular complexity index is 525. The maximum Gasteiger partial charge on any atom is 0.0408 e. The van der Waals surface area contributed by atoms with Gasteiger partial charge >= 0.3 is 0 Å². The van der Waals surface area contributed by atoms with Gasteiger partial charge in [0.1, 0.15) is 0 Å². The first kappa shape index (κ1) is 13.9. The van der Waals surface area contributed by atoms with Gasteiger partial charge in [0, 0.05) is 21.3 Å². The van der Waals surface area contributed by atoms with Crippen LogP contribution >= 0.6 is 39.1 Å². The first-order valence-corrected chi connectivity index (χ1v) is 7.46. The van der Waals surface area contributed by atoms with Crippen molar-refractivity contribution in [2.75, 3.05) is 5.88 Å². The molecule has 0 heterocycles.